The van der Waals surface area contributed by atoms with Crippen molar-refractivity contribution in [2.45, 2.75) is 32.2 Å². The lowest BCUT2D eigenvalue weighted by Gasteiger charge is -2.11. The van der Waals surface area contributed by atoms with Gasteiger partial charge in [0.25, 0.3) is 0 Å². The smallest absolute Gasteiger partial charge is 0.239 e. The van der Waals surface area contributed by atoms with Crippen molar-refractivity contribution >= 4 is 11.8 Å². The molecule has 1 aliphatic carbocycles. The molecule has 1 aliphatic rings. The standard InChI is InChI=1S/C20H22FN3O3/c21-16-5-7-17(8-6-16)27-19-11-14(9-10-22-19)12-23-18(25)13-24-20(26)15-3-1-2-4-15/h5-11,15H,1-4,12-13H2,(H,23,25)(H,24,26). The van der Waals surface area contributed by atoms with Gasteiger partial charge in [-0.2, -0.15) is 0 Å². The van der Waals surface area contributed by atoms with Crippen molar-refractivity contribution < 1.29 is 18.7 Å². The number of ether oxygens (including phenoxy) is 1. The number of hydrogen-bond donors (Lipinski definition) is 2. The Morgan fingerprint density at radius 2 is 1.85 bits per heavy atom. The average molecular weight is 371 g/mol. The average Bonchev–Trinajstić information content (AvgIpc) is 3.21. The van der Waals surface area contributed by atoms with E-state index < -0.39 is 0 Å². The van der Waals surface area contributed by atoms with E-state index in [9.17, 15) is 14.0 Å². The number of nitrogens with zero attached hydrogens (tertiary/aromatic N) is 1. The fourth-order valence-electron chi connectivity index (χ4n) is 3.00. The van der Waals surface area contributed by atoms with Crippen LogP contribution in [0.5, 0.6) is 11.6 Å². The van der Waals surface area contributed by atoms with E-state index >= 15 is 0 Å². The Morgan fingerprint density at radius 1 is 1.11 bits per heavy atom. The highest BCUT2D eigenvalue weighted by Crippen LogP contribution is 2.24. The number of halogens is 1. The van der Waals surface area contributed by atoms with Gasteiger partial charge in [0.05, 0.1) is 6.54 Å². The quantitative estimate of drug-likeness (QED) is 0.784. The first kappa shape index (κ1) is 18.8. The second kappa shape index (κ2) is 9.12. The second-order valence-electron chi connectivity index (χ2n) is 6.53. The molecule has 0 spiro atoms. The summed E-state index contributed by atoms with van der Waals surface area (Å²) < 4.78 is 18.5. The lowest BCUT2D eigenvalue weighted by Crippen LogP contribution is -2.38. The third kappa shape index (κ3) is 5.77. The van der Waals surface area contributed by atoms with Crippen LogP contribution in [0.25, 0.3) is 0 Å². The molecule has 1 aromatic carbocycles. The summed E-state index contributed by atoms with van der Waals surface area (Å²) in [6.45, 7) is 0.264. The van der Waals surface area contributed by atoms with Crippen LogP contribution in [-0.4, -0.2) is 23.3 Å². The predicted molar refractivity (Wildman–Crippen MR) is 97.5 cm³/mol. The van der Waals surface area contributed by atoms with Gasteiger partial charge in [-0.3, -0.25) is 9.59 Å². The minimum absolute atomic E-state index is 0.0284. The minimum Gasteiger partial charge on any atom is -0.439 e. The van der Waals surface area contributed by atoms with E-state index in [1.165, 1.54) is 24.3 Å². The molecule has 0 aliphatic heterocycles. The Balaban J connectivity index is 1.45. The number of rotatable bonds is 7. The summed E-state index contributed by atoms with van der Waals surface area (Å²) in [5, 5.41) is 5.45. The third-order valence-corrected chi connectivity index (χ3v) is 4.47. The molecule has 1 aromatic heterocycles. The number of nitrogens with one attached hydrogen (secondary N) is 2. The molecule has 2 aromatic rings. The molecule has 2 amide bonds. The Labute approximate surface area is 157 Å². The third-order valence-electron chi connectivity index (χ3n) is 4.47. The molecule has 1 fully saturated rings. The van der Waals surface area contributed by atoms with Crippen LogP contribution in [0.1, 0.15) is 31.2 Å². The molecule has 27 heavy (non-hydrogen) atoms. The first-order valence-electron chi connectivity index (χ1n) is 9.03. The van der Waals surface area contributed by atoms with E-state index in [0.717, 1.165) is 31.2 Å². The van der Waals surface area contributed by atoms with Crippen LogP contribution in [0, 0.1) is 11.7 Å². The lowest BCUT2D eigenvalue weighted by atomic mass is 10.1. The molecule has 2 N–H and O–H groups in total. The maximum Gasteiger partial charge on any atom is 0.239 e. The molecule has 7 heteroatoms. The molecule has 0 atom stereocenters. The number of carbonyl (C=O) groups is 2. The molecular formula is C20H22FN3O3. The van der Waals surface area contributed by atoms with Gasteiger partial charge in [0.15, 0.2) is 0 Å². The Bertz CT molecular complexity index is 789. The second-order valence-corrected chi connectivity index (χ2v) is 6.53. The summed E-state index contributed by atoms with van der Waals surface area (Å²) in [4.78, 5) is 28.0. The number of aromatic nitrogens is 1. The van der Waals surface area contributed by atoms with Crippen molar-refractivity contribution in [2.24, 2.45) is 5.92 Å². The van der Waals surface area contributed by atoms with Gasteiger partial charge in [0, 0.05) is 24.7 Å². The molecule has 3 rings (SSSR count). The summed E-state index contributed by atoms with van der Waals surface area (Å²) in [5.41, 5.74) is 0.803. The summed E-state index contributed by atoms with van der Waals surface area (Å²) in [6, 6.07) is 9.09. The van der Waals surface area contributed by atoms with E-state index in [1.54, 1.807) is 18.3 Å². The van der Waals surface area contributed by atoms with E-state index in [-0.39, 0.29) is 30.1 Å². The predicted octanol–water partition coefficient (Wildman–Crippen LogP) is 2.94. The Morgan fingerprint density at radius 3 is 2.59 bits per heavy atom. The summed E-state index contributed by atoms with van der Waals surface area (Å²) in [7, 11) is 0. The molecule has 0 unspecified atom stereocenters. The topological polar surface area (TPSA) is 80.3 Å². The lowest BCUT2D eigenvalue weighted by molar-refractivity contribution is -0.128. The summed E-state index contributed by atoms with van der Waals surface area (Å²) in [6.07, 6.45) is 5.54. The Hall–Kier alpha value is -2.96. The van der Waals surface area contributed by atoms with E-state index in [2.05, 4.69) is 15.6 Å². The molecule has 1 heterocycles. The highest BCUT2D eigenvalue weighted by Gasteiger charge is 2.22. The largest absolute Gasteiger partial charge is 0.439 e. The van der Waals surface area contributed by atoms with E-state index in [1.807, 2.05) is 0 Å². The van der Waals surface area contributed by atoms with Crippen LogP contribution < -0.4 is 15.4 Å². The van der Waals surface area contributed by atoms with Crippen LogP contribution in [0.3, 0.4) is 0 Å². The fraction of sp³-hybridized carbons (Fsp3) is 0.350. The fourth-order valence-corrected chi connectivity index (χ4v) is 3.00. The summed E-state index contributed by atoms with van der Waals surface area (Å²) in [5.74, 6) is 0.235. The zero-order valence-electron chi connectivity index (χ0n) is 14.9. The van der Waals surface area contributed by atoms with Gasteiger partial charge >= 0.3 is 0 Å². The maximum atomic E-state index is 12.9. The van der Waals surface area contributed by atoms with Gasteiger partial charge in [-0.05, 0) is 48.7 Å². The molecule has 142 valence electrons. The van der Waals surface area contributed by atoms with Crippen molar-refractivity contribution in [3.8, 4) is 11.6 Å². The van der Waals surface area contributed by atoms with Crippen LogP contribution in [0.15, 0.2) is 42.6 Å². The number of hydrogen-bond acceptors (Lipinski definition) is 4. The van der Waals surface area contributed by atoms with Crippen molar-refractivity contribution in [3.63, 3.8) is 0 Å². The Kier molecular flexibility index (Phi) is 6.35. The molecular weight excluding hydrogens is 349 g/mol. The maximum absolute atomic E-state index is 12.9. The van der Waals surface area contributed by atoms with Crippen molar-refractivity contribution in [2.75, 3.05) is 6.54 Å². The zero-order chi connectivity index (χ0) is 19.1. The normalized spacial score (nSPS) is 14.0. The molecule has 0 bridgehead atoms. The van der Waals surface area contributed by atoms with Gasteiger partial charge < -0.3 is 15.4 Å². The van der Waals surface area contributed by atoms with Gasteiger partial charge in [0.2, 0.25) is 17.7 Å². The van der Waals surface area contributed by atoms with Crippen LogP contribution in [0.2, 0.25) is 0 Å². The van der Waals surface area contributed by atoms with Gasteiger partial charge in [-0.15, -0.1) is 0 Å². The molecule has 6 nitrogen and oxygen atoms in total. The highest BCUT2D eigenvalue weighted by atomic mass is 19.1. The summed E-state index contributed by atoms with van der Waals surface area (Å²) >= 11 is 0. The van der Waals surface area contributed by atoms with Crippen molar-refractivity contribution in [1.82, 2.24) is 15.6 Å². The van der Waals surface area contributed by atoms with Crippen LogP contribution in [0.4, 0.5) is 4.39 Å². The molecule has 1 saturated carbocycles. The monoisotopic (exact) mass is 371 g/mol. The number of pyridine rings is 1. The first-order chi connectivity index (χ1) is 13.1. The minimum atomic E-state index is -0.341. The first-order valence-corrected chi connectivity index (χ1v) is 9.03. The van der Waals surface area contributed by atoms with Gasteiger partial charge in [0.1, 0.15) is 11.6 Å². The van der Waals surface area contributed by atoms with Crippen LogP contribution >= 0.6 is 0 Å². The number of amides is 2. The zero-order valence-corrected chi connectivity index (χ0v) is 14.9. The van der Waals surface area contributed by atoms with Gasteiger partial charge in [-0.1, -0.05) is 12.8 Å². The van der Waals surface area contributed by atoms with Crippen LogP contribution in [-0.2, 0) is 16.1 Å². The van der Waals surface area contributed by atoms with Crippen molar-refractivity contribution in [3.05, 3.63) is 54.0 Å². The van der Waals surface area contributed by atoms with E-state index in [0.29, 0.717) is 18.2 Å². The highest BCUT2D eigenvalue weighted by molar-refractivity contribution is 5.85. The number of carbonyl (C=O) groups excluding carboxylic acids is 2. The SMILES string of the molecule is O=C(CNC(=O)C1CCCC1)NCc1ccnc(Oc2ccc(F)cc2)c1. The van der Waals surface area contributed by atoms with E-state index in [4.69, 9.17) is 4.74 Å². The van der Waals surface area contributed by atoms with Crippen molar-refractivity contribution in [1.29, 1.82) is 0 Å². The van der Waals surface area contributed by atoms with Gasteiger partial charge in [-0.25, -0.2) is 9.37 Å². The number of benzene rings is 1. The molecule has 0 radical (unpaired) electrons. The molecule has 0 saturated heterocycles.